The van der Waals surface area contributed by atoms with E-state index in [-0.39, 0.29) is 53.6 Å². The van der Waals surface area contributed by atoms with Gasteiger partial charge in [0.15, 0.2) is 0 Å². The summed E-state index contributed by atoms with van der Waals surface area (Å²) in [4.78, 5) is 72.5. The highest BCUT2D eigenvalue weighted by Crippen LogP contribution is 2.25. The predicted molar refractivity (Wildman–Crippen MR) is 148 cm³/mol. The van der Waals surface area contributed by atoms with E-state index >= 15 is 0 Å². The summed E-state index contributed by atoms with van der Waals surface area (Å²) in [5.41, 5.74) is -0.0526. The summed E-state index contributed by atoms with van der Waals surface area (Å²) in [7, 11) is 1.67. The number of likely N-dealkylation sites (tertiary alicyclic amines) is 1. The second-order valence-electron chi connectivity index (χ2n) is 12.7. The Labute approximate surface area is 233 Å². The second-order valence-corrected chi connectivity index (χ2v) is 12.7. The molecule has 1 N–H and O–H groups in total. The van der Waals surface area contributed by atoms with Crippen molar-refractivity contribution in [3.63, 3.8) is 0 Å². The molecule has 0 aliphatic carbocycles. The third-order valence-corrected chi connectivity index (χ3v) is 7.34. The minimum atomic E-state index is -0.823. The van der Waals surface area contributed by atoms with Crippen molar-refractivity contribution >= 4 is 29.6 Å². The van der Waals surface area contributed by atoms with Crippen LogP contribution < -0.4 is 5.32 Å². The number of carbonyl (C=O) groups is 5. The van der Waals surface area contributed by atoms with E-state index in [0.717, 1.165) is 25.8 Å². The van der Waals surface area contributed by atoms with Crippen LogP contribution in [-0.2, 0) is 28.8 Å². The lowest BCUT2D eigenvalue weighted by molar-refractivity contribution is -0.194. The predicted octanol–water partition coefficient (Wildman–Crippen LogP) is 3.21. The van der Waals surface area contributed by atoms with E-state index in [1.54, 1.807) is 18.0 Å². The first-order valence-electron chi connectivity index (χ1n) is 14.1. The van der Waals surface area contributed by atoms with Gasteiger partial charge in [0.2, 0.25) is 11.8 Å². The Morgan fingerprint density at radius 2 is 1.67 bits per heavy atom. The first-order chi connectivity index (χ1) is 18.0. The molecule has 0 aromatic carbocycles. The van der Waals surface area contributed by atoms with Gasteiger partial charge in [-0.25, -0.2) is 4.79 Å². The summed E-state index contributed by atoms with van der Waals surface area (Å²) in [6.45, 7) is 16.5. The molecule has 4 amide bonds. The number of nitrogens with zero attached hydrogens (tertiary/aromatic N) is 3. The summed E-state index contributed by atoms with van der Waals surface area (Å²) in [6, 6.07) is -1.27. The van der Waals surface area contributed by atoms with Gasteiger partial charge in [-0.1, -0.05) is 47.1 Å². The number of hydrogen-bond donors (Lipinski definition) is 1. The van der Waals surface area contributed by atoms with Gasteiger partial charge in [0.1, 0.15) is 6.04 Å². The molecule has 2 aliphatic rings. The fourth-order valence-corrected chi connectivity index (χ4v) is 5.22. The average Bonchev–Trinajstić information content (AvgIpc) is 3.16. The van der Waals surface area contributed by atoms with Crippen LogP contribution in [0.4, 0.5) is 0 Å². The molecular formula is C29H48N4O6. The van der Waals surface area contributed by atoms with Crippen LogP contribution in [0.15, 0.2) is 11.6 Å². The third kappa shape index (κ3) is 8.88. The van der Waals surface area contributed by atoms with Crippen LogP contribution in [0.1, 0.15) is 93.9 Å². The molecule has 1 unspecified atom stereocenters. The fraction of sp³-hybridized carbons (Fsp3) is 0.759. The summed E-state index contributed by atoms with van der Waals surface area (Å²) in [6.07, 6.45) is 4.88. The normalized spacial score (nSPS) is 20.8. The van der Waals surface area contributed by atoms with Crippen LogP contribution in [-0.4, -0.2) is 82.2 Å². The zero-order valence-corrected chi connectivity index (χ0v) is 25.2. The molecule has 0 aromatic heterocycles. The van der Waals surface area contributed by atoms with E-state index in [1.165, 1.54) is 6.92 Å². The van der Waals surface area contributed by atoms with Crippen LogP contribution in [0.25, 0.3) is 0 Å². The molecule has 0 bridgehead atoms. The lowest BCUT2D eigenvalue weighted by atomic mass is 9.86. The van der Waals surface area contributed by atoms with Crippen molar-refractivity contribution in [3.8, 4) is 0 Å². The molecule has 2 rings (SSSR count). The molecule has 220 valence electrons. The Morgan fingerprint density at radius 1 is 1.08 bits per heavy atom. The standard InChI is InChI=1S/C29H48N4O6/c1-18(2)23(16-20(5)28(38)39-33-24(34)13-14-25(33)35)31(9)27(37)21(17-29(6,7)8)30-26(36)22-12-10-11-15-32(22)19(3)4/h16,18-19,21-23H,10-15,17H2,1-9H3,(H,30,36)/b20-16+/t21-,22+,23?/m0/s1. The molecule has 10 nitrogen and oxygen atoms in total. The maximum Gasteiger partial charge on any atom is 0.359 e. The summed E-state index contributed by atoms with van der Waals surface area (Å²) in [5, 5.41) is 3.58. The molecule has 10 heteroatoms. The molecule has 2 heterocycles. The molecular weight excluding hydrogens is 500 g/mol. The van der Waals surface area contributed by atoms with Gasteiger partial charge in [-0.15, -0.1) is 5.06 Å². The number of rotatable bonds is 10. The Bertz CT molecular complexity index is 951. The van der Waals surface area contributed by atoms with Crippen LogP contribution in [0, 0.1) is 11.3 Å². The van der Waals surface area contributed by atoms with E-state index in [1.807, 2.05) is 34.6 Å². The zero-order chi connectivity index (χ0) is 29.7. The summed E-state index contributed by atoms with van der Waals surface area (Å²) < 4.78 is 0. The second kappa shape index (κ2) is 13.5. The molecule has 0 radical (unpaired) electrons. The largest absolute Gasteiger partial charge is 0.359 e. The number of likely N-dealkylation sites (N-methyl/N-ethyl adjacent to an activating group) is 1. The van der Waals surface area contributed by atoms with Crippen LogP contribution in [0.5, 0.6) is 0 Å². The smallest absolute Gasteiger partial charge is 0.343 e. The van der Waals surface area contributed by atoms with E-state index < -0.39 is 29.9 Å². The molecule has 0 spiro atoms. The van der Waals surface area contributed by atoms with Gasteiger partial charge in [-0.05, 0) is 57.9 Å². The van der Waals surface area contributed by atoms with Gasteiger partial charge in [0.05, 0.1) is 12.1 Å². The number of piperidine rings is 1. The number of nitrogens with one attached hydrogen (secondary N) is 1. The number of hydrogen-bond acceptors (Lipinski definition) is 7. The third-order valence-electron chi connectivity index (χ3n) is 7.34. The van der Waals surface area contributed by atoms with Gasteiger partial charge >= 0.3 is 5.97 Å². The van der Waals surface area contributed by atoms with E-state index in [9.17, 15) is 24.0 Å². The Morgan fingerprint density at radius 3 is 2.18 bits per heavy atom. The first-order valence-corrected chi connectivity index (χ1v) is 14.1. The monoisotopic (exact) mass is 548 g/mol. The molecule has 3 atom stereocenters. The highest BCUT2D eigenvalue weighted by atomic mass is 16.7. The molecule has 0 aromatic rings. The topological polar surface area (TPSA) is 116 Å². The van der Waals surface area contributed by atoms with Gasteiger partial charge in [-0.2, -0.15) is 0 Å². The Balaban J connectivity index is 2.24. The fourth-order valence-electron chi connectivity index (χ4n) is 5.22. The van der Waals surface area contributed by atoms with E-state index in [2.05, 4.69) is 24.1 Å². The average molecular weight is 549 g/mol. The molecule has 0 saturated carbocycles. The van der Waals surface area contributed by atoms with Gasteiger partial charge in [-0.3, -0.25) is 24.1 Å². The van der Waals surface area contributed by atoms with Crippen molar-refractivity contribution < 1.29 is 28.8 Å². The highest BCUT2D eigenvalue weighted by molar-refractivity contribution is 6.02. The minimum Gasteiger partial charge on any atom is -0.343 e. The molecule has 2 saturated heterocycles. The highest BCUT2D eigenvalue weighted by Gasteiger charge is 2.37. The van der Waals surface area contributed by atoms with E-state index in [4.69, 9.17) is 4.84 Å². The van der Waals surface area contributed by atoms with Gasteiger partial charge in [0, 0.05) is 31.5 Å². The SMILES string of the molecule is C/C(=C\C(C(C)C)N(C)C(=O)[C@H](CC(C)(C)C)NC(=O)[C@H]1CCCCN1C(C)C)C(=O)ON1C(=O)CCC1=O. The first kappa shape index (κ1) is 32.5. The quantitative estimate of drug-likeness (QED) is 0.329. The van der Waals surface area contributed by atoms with Gasteiger partial charge < -0.3 is 15.1 Å². The summed E-state index contributed by atoms with van der Waals surface area (Å²) in [5.74, 6) is -2.37. The molecule has 2 aliphatic heterocycles. The van der Waals surface area contributed by atoms with Crippen molar-refractivity contribution in [2.75, 3.05) is 13.6 Å². The number of carbonyl (C=O) groups excluding carboxylic acids is 5. The molecule has 2 fully saturated rings. The maximum absolute atomic E-state index is 13.9. The van der Waals surface area contributed by atoms with Crippen LogP contribution in [0.2, 0.25) is 0 Å². The Hall–Kier alpha value is -2.75. The van der Waals surface area contributed by atoms with E-state index in [0.29, 0.717) is 11.5 Å². The maximum atomic E-state index is 13.9. The number of hydroxylamine groups is 2. The number of amides is 4. The summed E-state index contributed by atoms with van der Waals surface area (Å²) >= 11 is 0. The lowest BCUT2D eigenvalue weighted by Gasteiger charge is -2.39. The van der Waals surface area contributed by atoms with Crippen molar-refractivity contribution in [2.45, 2.75) is 118 Å². The van der Waals surface area contributed by atoms with Crippen molar-refractivity contribution in [3.05, 3.63) is 11.6 Å². The lowest BCUT2D eigenvalue weighted by Crippen LogP contribution is -2.58. The van der Waals surface area contributed by atoms with Gasteiger partial charge in [0.25, 0.3) is 11.8 Å². The molecule has 39 heavy (non-hydrogen) atoms. The van der Waals surface area contributed by atoms with Crippen LogP contribution >= 0.6 is 0 Å². The van der Waals surface area contributed by atoms with Crippen molar-refractivity contribution in [1.29, 1.82) is 0 Å². The Kier molecular flexibility index (Phi) is 11.3. The number of imide groups is 1. The van der Waals surface area contributed by atoms with Crippen molar-refractivity contribution in [2.24, 2.45) is 11.3 Å². The zero-order valence-electron chi connectivity index (χ0n) is 25.2. The minimum absolute atomic E-state index is 0.0113. The van der Waals surface area contributed by atoms with Crippen molar-refractivity contribution in [1.82, 2.24) is 20.2 Å². The van der Waals surface area contributed by atoms with Crippen LogP contribution in [0.3, 0.4) is 0 Å².